The van der Waals surface area contributed by atoms with E-state index in [-0.39, 0.29) is 14.7 Å². The molecule has 0 aliphatic carbocycles. The Morgan fingerprint density at radius 1 is 1.04 bits per heavy atom. The van der Waals surface area contributed by atoms with Gasteiger partial charge in [0.2, 0.25) is 9.84 Å². The second-order valence-electron chi connectivity index (χ2n) is 5.47. The standard InChI is InChI=1S/C18H13FN2O5S2/c19-12-1-5-14(6-2-12)28(24,25)15-7-3-13(4-8-15)21-17(22)10-26-18(23)16-9-20-11-27-16/h1-9,11H,10H2,(H,21,22). The van der Waals surface area contributed by atoms with Crippen molar-refractivity contribution in [1.29, 1.82) is 0 Å². The van der Waals surface area contributed by atoms with E-state index in [1.807, 2.05) is 0 Å². The maximum atomic E-state index is 13.0. The average Bonchev–Trinajstić information content (AvgIpc) is 3.22. The fourth-order valence-corrected chi connectivity index (χ4v) is 3.96. The van der Waals surface area contributed by atoms with Crippen molar-refractivity contribution in [2.45, 2.75) is 9.79 Å². The van der Waals surface area contributed by atoms with Crippen molar-refractivity contribution in [3.63, 3.8) is 0 Å². The molecule has 0 bridgehead atoms. The highest BCUT2D eigenvalue weighted by atomic mass is 32.2. The number of hydrogen-bond donors (Lipinski definition) is 1. The predicted octanol–water partition coefficient (Wildman–Crippen LogP) is 2.91. The molecule has 0 saturated carbocycles. The first-order valence-electron chi connectivity index (χ1n) is 7.82. The number of rotatable bonds is 6. The summed E-state index contributed by atoms with van der Waals surface area (Å²) in [6.45, 7) is -0.494. The van der Waals surface area contributed by atoms with E-state index in [4.69, 9.17) is 4.74 Å². The second kappa shape index (κ2) is 8.28. The molecular formula is C18H13FN2O5S2. The van der Waals surface area contributed by atoms with Crippen molar-refractivity contribution in [1.82, 2.24) is 4.98 Å². The summed E-state index contributed by atoms with van der Waals surface area (Å²) in [6.07, 6.45) is 1.34. The topological polar surface area (TPSA) is 102 Å². The lowest BCUT2D eigenvalue weighted by Crippen LogP contribution is -2.20. The molecule has 0 unspecified atom stereocenters. The Hall–Kier alpha value is -3.11. The molecule has 1 heterocycles. The largest absolute Gasteiger partial charge is 0.451 e. The van der Waals surface area contributed by atoms with E-state index in [0.29, 0.717) is 5.69 Å². The number of aromatic nitrogens is 1. The minimum absolute atomic E-state index is 0.00581. The number of amides is 1. The molecule has 10 heteroatoms. The molecule has 2 aromatic carbocycles. The molecule has 7 nitrogen and oxygen atoms in total. The number of nitrogens with zero attached hydrogens (tertiary/aromatic N) is 1. The van der Waals surface area contributed by atoms with Gasteiger partial charge in [-0.1, -0.05) is 0 Å². The molecule has 3 aromatic rings. The van der Waals surface area contributed by atoms with Crippen LogP contribution in [0.15, 0.2) is 70.0 Å². The summed E-state index contributed by atoms with van der Waals surface area (Å²) in [6, 6.07) is 9.92. The summed E-state index contributed by atoms with van der Waals surface area (Å²) in [5.74, 6) is -1.77. The summed E-state index contributed by atoms with van der Waals surface area (Å²) < 4.78 is 42.8. The van der Waals surface area contributed by atoms with Gasteiger partial charge in [-0.15, -0.1) is 11.3 Å². The number of ether oxygens (including phenoxy) is 1. The third-order valence-corrected chi connectivity index (χ3v) is 6.08. The molecule has 0 atom stereocenters. The van der Waals surface area contributed by atoms with Gasteiger partial charge in [0.1, 0.15) is 10.7 Å². The van der Waals surface area contributed by atoms with Gasteiger partial charge < -0.3 is 10.1 Å². The monoisotopic (exact) mass is 420 g/mol. The molecule has 1 N–H and O–H groups in total. The lowest BCUT2D eigenvalue weighted by atomic mass is 10.3. The Kier molecular flexibility index (Phi) is 5.81. The first-order valence-corrected chi connectivity index (χ1v) is 10.2. The SMILES string of the molecule is O=C(COC(=O)c1cncs1)Nc1ccc(S(=O)(=O)c2ccc(F)cc2)cc1. The van der Waals surface area contributed by atoms with Crippen molar-refractivity contribution >= 4 is 38.7 Å². The maximum absolute atomic E-state index is 13.0. The van der Waals surface area contributed by atoms with Gasteiger partial charge in [0.25, 0.3) is 5.91 Å². The van der Waals surface area contributed by atoms with E-state index in [9.17, 15) is 22.4 Å². The summed E-state index contributed by atoms with van der Waals surface area (Å²) in [5.41, 5.74) is 1.80. The van der Waals surface area contributed by atoms with E-state index >= 15 is 0 Å². The van der Waals surface area contributed by atoms with Crippen LogP contribution < -0.4 is 5.32 Å². The highest BCUT2D eigenvalue weighted by Gasteiger charge is 2.18. The summed E-state index contributed by atoms with van der Waals surface area (Å²) in [4.78, 5) is 27.5. The van der Waals surface area contributed by atoms with Crippen molar-refractivity contribution in [2.24, 2.45) is 0 Å². The Labute approximate surface area is 163 Å². The minimum atomic E-state index is -3.80. The molecule has 3 rings (SSSR count). The van der Waals surface area contributed by atoms with E-state index < -0.39 is 34.1 Å². The van der Waals surface area contributed by atoms with Crippen LogP contribution in [0.3, 0.4) is 0 Å². The number of nitrogens with one attached hydrogen (secondary N) is 1. The number of hydrogen-bond acceptors (Lipinski definition) is 7. The van der Waals surface area contributed by atoms with E-state index in [1.165, 1.54) is 48.1 Å². The van der Waals surface area contributed by atoms with Crippen LogP contribution in [0.5, 0.6) is 0 Å². The summed E-state index contributed by atoms with van der Waals surface area (Å²) in [5, 5.41) is 2.50. The zero-order valence-electron chi connectivity index (χ0n) is 14.2. The second-order valence-corrected chi connectivity index (χ2v) is 8.31. The lowest BCUT2D eigenvalue weighted by Gasteiger charge is -2.08. The molecule has 0 saturated heterocycles. The smallest absolute Gasteiger partial charge is 0.350 e. The van der Waals surface area contributed by atoms with Crippen molar-refractivity contribution < 1.29 is 27.1 Å². The molecule has 1 amide bonds. The van der Waals surface area contributed by atoms with Crippen LogP contribution in [-0.4, -0.2) is 31.9 Å². The highest BCUT2D eigenvalue weighted by molar-refractivity contribution is 7.91. The molecule has 0 aliphatic rings. The predicted molar refractivity (Wildman–Crippen MR) is 99.3 cm³/mol. The van der Waals surface area contributed by atoms with Gasteiger partial charge >= 0.3 is 5.97 Å². The molecule has 1 aromatic heterocycles. The maximum Gasteiger partial charge on any atom is 0.350 e. The molecular weight excluding hydrogens is 407 g/mol. The first-order chi connectivity index (χ1) is 13.4. The minimum Gasteiger partial charge on any atom is -0.451 e. The van der Waals surface area contributed by atoms with Crippen LogP contribution in [0.25, 0.3) is 0 Å². The number of carbonyl (C=O) groups is 2. The van der Waals surface area contributed by atoms with Gasteiger partial charge in [-0.3, -0.25) is 9.78 Å². The molecule has 0 spiro atoms. The van der Waals surface area contributed by atoms with Gasteiger partial charge in [-0.05, 0) is 48.5 Å². The van der Waals surface area contributed by atoms with Gasteiger partial charge in [0.05, 0.1) is 21.5 Å². The van der Waals surface area contributed by atoms with Crippen molar-refractivity contribution in [2.75, 3.05) is 11.9 Å². The molecule has 0 radical (unpaired) electrons. The fourth-order valence-electron chi connectivity index (χ4n) is 2.18. The van der Waals surface area contributed by atoms with Crippen LogP contribution >= 0.6 is 11.3 Å². The van der Waals surface area contributed by atoms with Crippen LogP contribution in [0, 0.1) is 5.82 Å². The van der Waals surface area contributed by atoms with Gasteiger partial charge in [-0.25, -0.2) is 17.6 Å². The molecule has 0 aliphatic heterocycles. The third kappa shape index (κ3) is 4.59. The zero-order chi connectivity index (χ0) is 20.1. The summed E-state index contributed by atoms with van der Waals surface area (Å²) >= 11 is 1.09. The molecule has 144 valence electrons. The van der Waals surface area contributed by atoms with Crippen LogP contribution in [0.2, 0.25) is 0 Å². The Balaban J connectivity index is 1.61. The van der Waals surface area contributed by atoms with Gasteiger partial charge in [-0.2, -0.15) is 0 Å². The average molecular weight is 420 g/mol. The fraction of sp³-hybridized carbons (Fsp3) is 0.0556. The van der Waals surface area contributed by atoms with E-state index in [1.54, 1.807) is 0 Å². The number of carbonyl (C=O) groups excluding carboxylic acids is 2. The van der Waals surface area contributed by atoms with Crippen molar-refractivity contribution in [3.8, 4) is 0 Å². The zero-order valence-corrected chi connectivity index (χ0v) is 15.8. The Morgan fingerprint density at radius 2 is 1.64 bits per heavy atom. The van der Waals surface area contributed by atoms with E-state index in [0.717, 1.165) is 23.5 Å². The number of esters is 1. The highest BCUT2D eigenvalue weighted by Crippen LogP contribution is 2.22. The van der Waals surface area contributed by atoms with Crippen LogP contribution in [-0.2, 0) is 19.4 Å². The Morgan fingerprint density at radius 3 is 2.21 bits per heavy atom. The van der Waals surface area contributed by atoms with E-state index in [2.05, 4.69) is 10.3 Å². The number of sulfone groups is 1. The van der Waals surface area contributed by atoms with Crippen LogP contribution in [0.1, 0.15) is 9.67 Å². The number of thiazole rings is 1. The van der Waals surface area contributed by atoms with Crippen molar-refractivity contribution in [3.05, 3.63) is 70.9 Å². The normalized spacial score (nSPS) is 11.0. The number of anilines is 1. The lowest BCUT2D eigenvalue weighted by molar-refractivity contribution is -0.119. The summed E-state index contributed by atoms with van der Waals surface area (Å²) in [7, 11) is -3.80. The number of halogens is 1. The van der Waals surface area contributed by atoms with Crippen LogP contribution in [0.4, 0.5) is 10.1 Å². The van der Waals surface area contributed by atoms with Gasteiger partial charge in [0, 0.05) is 5.69 Å². The Bertz CT molecular complexity index is 1080. The first kappa shape index (κ1) is 19.6. The molecule has 0 fully saturated rings. The quantitative estimate of drug-likeness (QED) is 0.486. The molecule has 28 heavy (non-hydrogen) atoms. The number of benzene rings is 2. The van der Waals surface area contributed by atoms with Gasteiger partial charge in [0.15, 0.2) is 6.61 Å². The third-order valence-electron chi connectivity index (χ3n) is 3.54.